The molecule has 1 N–H and O–H groups in total. The van der Waals surface area contributed by atoms with Gasteiger partial charge in [0.25, 0.3) is 0 Å². The number of thiazole rings is 1. The number of nitrogens with one attached hydrogen (secondary N) is 1. The molecule has 3 heterocycles. The highest BCUT2D eigenvalue weighted by Crippen LogP contribution is 2.24. The highest BCUT2D eigenvalue weighted by atomic mass is 32.1. The molecule has 0 bridgehead atoms. The number of benzene rings is 1. The summed E-state index contributed by atoms with van der Waals surface area (Å²) in [5.74, 6) is 0.754. The van der Waals surface area contributed by atoms with Gasteiger partial charge in [0.1, 0.15) is 0 Å². The molecule has 1 aromatic carbocycles. The molecule has 4 rings (SSSR count). The van der Waals surface area contributed by atoms with E-state index in [0.29, 0.717) is 18.2 Å². The third-order valence-corrected chi connectivity index (χ3v) is 5.40. The summed E-state index contributed by atoms with van der Waals surface area (Å²) >= 11 is 2.82. The lowest BCUT2D eigenvalue weighted by molar-refractivity contribution is 0.208. The van der Waals surface area contributed by atoms with Gasteiger partial charge in [0.05, 0.1) is 0 Å². The third-order valence-electron chi connectivity index (χ3n) is 3.93. The highest BCUT2D eigenvalue weighted by Gasteiger charge is 2.23. The van der Waals surface area contributed by atoms with Gasteiger partial charge < -0.3 is 9.80 Å². The molecule has 1 fully saturated rings. The topological polar surface area (TPSA) is 74.2 Å². The van der Waals surface area contributed by atoms with Crippen molar-refractivity contribution in [2.45, 2.75) is 0 Å². The number of urea groups is 1. The maximum absolute atomic E-state index is 12.2. The number of carbonyl (C=O) groups excluding carboxylic acids is 1. The third kappa shape index (κ3) is 3.62. The molecule has 0 atom stereocenters. The Hall–Kier alpha value is -2.52. The lowest BCUT2D eigenvalue weighted by Crippen LogP contribution is -2.50. The van der Waals surface area contributed by atoms with Crippen molar-refractivity contribution in [3.63, 3.8) is 0 Å². The molecule has 2 aromatic heterocycles. The maximum atomic E-state index is 12.2. The van der Waals surface area contributed by atoms with Crippen LogP contribution in [0.1, 0.15) is 0 Å². The van der Waals surface area contributed by atoms with E-state index in [1.54, 1.807) is 11.1 Å². The molecule has 9 heteroatoms. The number of carbonyl (C=O) groups is 1. The van der Waals surface area contributed by atoms with Crippen molar-refractivity contribution in [3.05, 3.63) is 41.9 Å². The fourth-order valence-electron chi connectivity index (χ4n) is 2.60. The standard InChI is InChI=1S/C16H16N6OS2/c23-15(19-14-17-6-11-24-14)21-7-9-22(10-8-21)16-18-13(20-25-16)12-4-2-1-3-5-12/h1-6,11H,7-10H2,(H,17,19,23). The Morgan fingerprint density at radius 2 is 1.92 bits per heavy atom. The fraction of sp³-hybridized carbons (Fsp3) is 0.250. The number of amides is 2. The molecule has 0 radical (unpaired) electrons. The first-order valence-corrected chi connectivity index (χ1v) is 9.54. The first kappa shape index (κ1) is 16.0. The van der Waals surface area contributed by atoms with Crippen molar-refractivity contribution in [1.29, 1.82) is 0 Å². The van der Waals surface area contributed by atoms with Crippen LogP contribution in [0.25, 0.3) is 11.4 Å². The van der Waals surface area contributed by atoms with Gasteiger partial charge in [0.15, 0.2) is 11.0 Å². The molecule has 0 aliphatic carbocycles. The predicted molar refractivity (Wildman–Crippen MR) is 100 cm³/mol. The van der Waals surface area contributed by atoms with Gasteiger partial charge in [-0.3, -0.25) is 5.32 Å². The van der Waals surface area contributed by atoms with Gasteiger partial charge >= 0.3 is 6.03 Å². The Morgan fingerprint density at radius 3 is 2.64 bits per heavy atom. The van der Waals surface area contributed by atoms with Crippen LogP contribution < -0.4 is 10.2 Å². The van der Waals surface area contributed by atoms with Gasteiger partial charge in [-0.1, -0.05) is 30.3 Å². The van der Waals surface area contributed by atoms with E-state index in [2.05, 4.69) is 24.6 Å². The molecule has 1 aliphatic rings. The molecular formula is C16H16N6OS2. The second-order valence-electron chi connectivity index (χ2n) is 5.51. The van der Waals surface area contributed by atoms with Crippen LogP contribution in [-0.2, 0) is 0 Å². The minimum atomic E-state index is -0.100. The highest BCUT2D eigenvalue weighted by molar-refractivity contribution is 7.13. The molecule has 0 spiro atoms. The number of hydrogen-bond donors (Lipinski definition) is 1. The van der Waals surface area contributed by atoms with Gasteiger partial charge in [-0.25, -0.2) is 9.78 Å². The molecule has 0 saturated carbocycles. The quantitative estimate of drug-likeness (QED) is 0.765. The van der Waals surface area contributed by atoms with Crippen molar-refractivity contribution in [2.75, 3.05) is 36.4 Å². The summed E-state index contributed by atoms with van der Waals surface area (Å²) in [6, 6.07) is 9.86. The smallest absolute Gasteiger partial charge is 0.323 e. The van der Waals surface area contributed by atoms with Crippen LogP contribution in [0, 0.1) is 0 Å². The molecule has 7 nitrogen and oxygen atoms in total. The van der Waals surface area contributed by atoms with E-state index in [1.807, 2.05) is 35.7 Å². The second-order valence-corrected chi connectivity index (χ2v) is 7.13. The lowest BCUT2D eigenvalue weighted by atomic mass is 10.2. The van der Waals surface area contributed by atoms with Crippen LogP contribution in [0.3, 0.4) is 0 Å². The summed E-state index contributed by atoms with van der Waals surface area (Å²) in [5, 5.41) is 6.19. The van der Waals surface area contributed by atoms with E-state index in [0.717, 1.165) is 29.6 Å². The summed E-state index contributed by atoms with van der Waals surface area (Å²) in [5.41, 5.74) is 1.02. The number of anilines is 2. The number of aromatic nitrogens is 3. The molecule has 128 valence electrons. The molecule has 1 saturated heterocycles. The lowest BCUT2D eigenvalue weighted by Gasteiger charge is -2.34. The molecular weight excluding hydrogens is 356 g/mol. The maximum Gasteiger partial charge on any atom is 0.323 e. The largest absolute Gasteiger partial charge is 0.343 e. The second kappa shape index (κ2) is 7.16. The summed E-state index contributed by atoms with van der Waals surface area (Å²) in [7, 11) is 0. The van der Waals surface area contributed by atoms with E-state index in [4.69, 9.17) is 0 Å². The Labute approximate surface area is 153 Å². The van der Waals surface area contributed by atoms with Crippen molar-refractivity contribution in [1.82, 2.24) is 19.2 Å². The zero-order valence-electron chi connectivity index (χ0n) is 13.3. The van der Waals surface area contributed by atoms with Gasteiger partial charge in [-0.05, 0) is 0 Å². The minimum Gasteiger partial charge on any atom is -0.343 e. The zero-order valence-corrected chi connectivity index (χ0v) is 15.0. The number of piperazine rings is 1. The molecule has 3 aromatic rings. The zero-order chi connectivity index (χ0) is 17.1. The van der Waals surface area contributed by atoms with Crippen LogP contribution in [0.4, 0.5) is 15.1 Å². The van der Waals surface area contributed by atoms with Gasteiger partial charge in [0.2, 0.25) is 5.13 Å². The van der Waals surface area contributed by atoms with E-state index in [1.165, 1.54) is 22.9 Å². The van der Waals surface area contributed by atoms with Crippen LogP contribution in [0.2, 0.25) is 0 Å². The Kier molecular flexibility index (Phi) is 4.57. The summed E-state index contributed by atoms with van der Waals surface area (Å²) in [6.45, 7) is 2.79. The van der Waals surface area contributed by atoms with Crippen molar-refractivity contribution < 1.29 is 4.79 Å². The SMILES string of the molecule is O=C(Nc1nccs1)N1CCN(c2nc(-c3ccccc3)ns2)CC1. The fourth-order valence-corrected chi connectivity index (χ4v) is 3.86. The number of nitrogens with zero attached hydrogens (tertiary/aromatic N) is 5. The summed E-state index contributed by atoms with van der Waals surface area (Å²) in [4.78, 5) is 24.9. The van der Waals surface area contributed by atoms with Crippen molar-refractivity contribution in [3.8, 4) is 11.4 Å². The van der Waals surface area contributed by atoms with E-state index in [-0.39, 0.29) is 6.03 Å². The van der Waals surface area contributed by atoms with Crippen LogP contribution in [0.5, 0.6) is 0 Å². The average molecular weight is 372 g/mol. The Balaban J connectivity index is 1.36. The number of hydrogen-bond acceptors (Lipinski definition) is 7. The van der Waals surface area contributed by atoms with E-state index in [9.17, 15) is 4.79 Å². The Morgan fingerprint density at radius 1 is 1.12 bits per heavy atom. The predicted octanol–water partition coefficient (Wildman–Crippen LogP) is 3.02. The molecule has 2 amide bonds. The monoisotopic (exact) mass is 372 g/mol. The van der Waals surface area contributed by atoms with Crippen molar-refractivity contribution >= 4 is 39.2 Å². The van der Waals surface area contributed by atoms with Crippen LogP contribution >= 0.6 is 22.9 Å². The molecule has 25 heavy (non-hydrogen) atoms. The van der Waals surface area contributed by atoms with E-state index >= 15 is 0 Å². The Bertz CT molecular complexity index is 827. The molecule has 1 aliphatic heterocycles. The van der Waals surface area contributed by atoms with Gasteiger partial charge in [0, 0.05) is 54.9 Å². The number of rotatable bonds is 3. The normalized spacial score (nSPS) is 14.6. The van der Waals surface area contributed by atoms with Crippen LogP contribution in [0.15, 0.2) is 41.9 Å². The van der Waals surface area contributed by atoms with Crippen LogP contribution in [-0.4, -0.2) is 51.5 Å². The van der Waals surface area contributed by atoms with Crippen molar-refractivity contribution in [2.24, 2.45) is 0 Å². The first-order chi connectivity index (χ1) is 12.3. The summed E-state index contributed by atoms with van der Waals surface area (Å²) in [6.07, 6.45) is 1.68. The van der Waals surface area contributed by atoms with E-state index < -0.39 is 0 Å². The van der Waals surface area contributed by atoms with Gasteiger partial charge in [-0.15, -0.1) is 11.3 Å². The van der Waals surface area contributed by atoms with Gasteiger partial charge in [-0.2, -0.15) is 9.36 Å². The molecule has 0 unspecified atom stereocenters. The minimum absolute atomic E-state index is 0.100. The summed E-state index contributed by atoms with van der Waals surface area (Å²) < 4.78 is 4.45. The first-order valence-electron chi connectivity index (χ1n) is 7.89. The average Bonchev–Trinajstić information content (AvgIpc) is 3.34.